The molecule has 17 heavy (non-hydrogen) atoms. The van der Waals surface area contributed by atoms with Crippen LogP contribution >= 0.6 is 11.6 Å². The molecule has 5 nitrogen and oxygen atoms in total. The van der Waals surface area contributed by atoms with E-state index in [0.29, 0.717) is 47.9 Å². The van der Waals surface area contributed by atoms with Gasteiger partial charge in [-0.15, -0.1) is 0 Å². The van der Waals surface area contributed by atoms with Crippen LogP contribution in [0, 0.1) is 0 Å². The topological polar surface area (TPSA) is 59.0 Å². The van der Waals surface area contributed by atoms with E-state index in [4.69, 9.17) is 16.4 Å². The minimum Gasteiger partial charge on any atom is -0.394 e. The van der Waals surface area contributed by atoms with Crippen molar-refractivity contribution in [3.05, 3.63) is 22.3 Å². The predicted octanol–water partition coefficient (Wildman–Crippen LogP) is 1.30. The fraction of sp³-hybridized carbons (Fsp3) is 0.364. The van der Waals surface area contributed by atoms with Crippen LogP contribution in [0.3, 0.4) is 0 Å². The van der Waals surface area contributed by atoms with E-state index in [1.807, 2.05) is 0 Å². The smallest absolute Gasteiger partial charge is 0.268 e. The van der Waals surface area contributed by atoms with Crippen molar-refractivity contribution in [2.24, 2.45) is 5.16 Å². The summed E-state index contributed by atoms with van der Waals surface area (Å²) in [6.45, 7) is 0.401. The lowest BCUT2D eigenvalue weighted by molar-refractivity contribution is -0.131. The van der Waals surface area contributed by atoms with Gasteiger partial charge in [0, 0.05) is 11.5 Å². The molecule has 1 fully saturated rings. The van der Waals surface area contributed by atoms with E-state index in [1.165, 1.54) is 0 Å². The number of imide groups is 1. The Morgan fingerprint density at radius 1 is 1.29 bits per heavy atom. The Morgan fingerprint density at radius 2 is 2.12 bits per heavy atom. The Labute approximate surface area is 102 Å². The molecule has 2 amide bonds. The molecule has 0 radical (unpaired) electrons. The average Bonchev–Trinajstić information content (AvgIpc) is 2.88. The van der Waals surface area contributed by atoms with Crippen molar-refractivity contribution >= 4 is 29.3 Å². The Balaban J connectivity index is 2.07. The third-order valence-electron chi connectivity index (χ3n) is 2.95. The lowest BCUT2D eigenvalue weighted by Gasteiger charge is -2.09. The van der Waals surface area contributed by atoms with Gasteiger partial charge in [0.25, 0.3) is 11.8 Å². The van der Waals surface area contributed by atoms with E-state index in [2.05, 4.69) is 5.16 Å². The average molecular weight is 253 g/mol. The second kappa shape index (κ2) is 3.70. The molecule has 0 saturated carbocycles. The molecule has 3 aliphatic rings. The van der Waals surface area contributed by atoms with Gasteiger partial charge in [-0.3, -0.25) is 9.59 Å². The minimum absolute atomic E-state index is 0.331. The van der Waals surface area contributed by atoms with Crippen LogP contribution in [0.25, 0.3) is 0 Å². The highest BCUT2D eigenvalue weighted by molar-refractivity contribution is 6.39. The Kier molecular flexibility index (Phi) is 2.29. The second-order valence-corrected chi connectivity index (χ2v) is 4.43. The molecule has 0 aromatic rings. The first kappa shape index (κ1) is 10.5. The van der Waals surface area contributed by atoms with Crippen LogP contribution < -0.4 is 0 Å². The lowest BCUT2D eigenvalue weighted by atomic mass is 10.00. The highest BCUT2D eigenvalue weighted by Gasteiger charge is 2.44. The van der Waals surface area contributed by atoms with Crippen molar-refractivity contribution in [1.29, 1.82) is 0 Å². The van der Waals surface area contributed by atoms with Gasteiger partial charge in [-0.2, -0.15) is 0 Å². The third-order valence-corrected chi connectivity index (χ3v) is 3.33. The van der Waals surface area contributed by atoms with Crippen molar-refractivity contribution in [2.75, 3.05) is 6.61 Å². The fourth-order valence-electron chi connectivity index (χ4n) is 2.16. The van der Waals surface area contributed by atoms with Gasteiger partial charge in [0.15, 0.2) is 5.84 Å². The number of hydrogen-bond acceptors (Lipinski definition) is 4. The number of nitrogens with zero attached hydrogens (tertiary/aromatic N) is 2. The number of carbonyl (C=O) groups is 2. The summed E-state index contributed by atoms with van der Waals surface area (Å²) < 4.78 is 0. The van der Waals surface area contributed by atoms with Crippen molar-refractivity contribution in [3.63, 3.8) is 0 Å². The van der Waals surface area contributed by atoms with Crippen molar-refractivity contribution in [1.82, 2.24) is 4.90 Å². The zero-order valence-corrected chi connectivity index (χ0v) is 9.66. The van der Waals surface area contributed by atoms with Gasteiger partial charge in [-0.25, -0.2) is 4.90 Å². The predicted molar refractivity (Wildman–Crippen MR) is 60.1 cm³/mol. The van der Waals surface area contributed by atoms with Crippen LogP contribution in [0.1, 0.15) is 19.3 Å². The van der Waals surface area contributed by atoms with E-state index in [9.17, 15) is 9.59 Å². The van der Waals surface area contributed by atoms with Gasteiger partial charge in [-0.05, 0) is 12.8 Å². The van der Waals surface area contributed by atoms with E-state index in [0.717, 1.165) is 4.90 Å². The molecule has 0 unspecified atom stereocenters. The normalized spacial score (nSPS) is 23.7. The summed E-state index contributed by atoms with van der Waals surface area (Å²) in [7, 11) is 0. The minimum atomic E-state index is -0.379. The van der Waals surface area contributed by atoms with E-state index < -0.39 is 0 Å². The van der Waals surface area contributed by atoms with Gasteiger partial charge in [0.2, 0.25) is 0 Å². The molecular formula is C11H9ClN2O3. The fourth-order valence-corrected chi connectivity index (χ4v) is 2.45. The standard InChI is InChI=1S/C11H9ClN2O3/c12-7-3-1-2-6-9(7)11(16)14(10(6)15)8-4-5-17-13-8/h2H,1,3-5H2. The highest BCUT2D eigenvalue weighted by atomic mass is 35.5. The third kappa shape index (κ3) is 1.42. The first-order valence-electron chi connectivity index (χ1n) is 5.37. The highest BCUT2D eigenvalue weighted by Crippen LogP contribution is 2.36. The van der Waals surface area contributed by atoms with Gasteiger partial charge in [0.1, 0.15) is 6.61 Å². The van der Waals surface area contributed by atoms with Gasteiger partial charge in [0.05, 0.1) is 11.1 Å². The molecule has 0 atom stereocenters. The SMILES string of the molecule is O=C1C2=CCCC(Cl)=C2C(=O)N1C1=NOCC1. The second-order valence-electron chi connectivity index (χ2n) is 3.97. The molecule has 1 saturated heterocycles. The zero-order valence-electron chi connectivity index (χ0n) is 8.90. The molecule has 0 bridgehead atoms. The van der Waals surface area contributed by atoms with Gasteiger partial charge >= 0.3 is 0 Å². The number of halogens is 1. The van der Waals surface area contributed by atoms with Gasteiger partial charge < -0.3 is 4.84 Å². The Morgan fingerprint density at radius 3 is 2.76 bits per heavy atom. The number of likely N-dealkylation sites (tertiary alicyclic amines) is 1. The van der Waals surface area contributed by atoms with Crippen molar-refractivity contribution in [3.8, 4) is 0 Å². The monoisotopic (exact) mass is 252 g/mol. The molecule has 3 rings (SSSR count). The van der Waals surface area contributed by atoms with E-state index in [-0.39, 0.29) is 11.8 Å². The Hall–Kier alpha value is -1.62. The maximum atomic E-state index is 12.1. The number of rotatable bonds is 0. The summed E-state index contributed by atoms with van der Waals surface area (Å²) in [5.74, 6) is -0.352. The van der Waals surface area contributed by atoms with E-state index >= 15 is 0 Å². The quantitative estimate of drug-likeness (QED) is 0.611. The van der Waals surface area contributed by atoms with Crippen LogP contribution in [0.5, 0.6) is 0 Å². The van der Waals surface area contributed by atoms with Crippen LogP contribution in [0.15, 0.2) is 27.4 Å². The lowest BCUT2D eigenvalue weighted by Crippen LogP contribution is -2.35. The molecule has 2 heterocycles. The molecular weight excluding hydrogens is 244 g/mol. The number of amides is 2. The van der Waals surface area contributed by atoms with Crippen LogP contribution in [0.4, 0.5) is 0 Å². The number of oxime groups is 1. The number of allylic oxidation sites excluding steroid dienone is 2. The van der Waals surface area contributed by atoms with Crippen LogP contribution in [-0.2, 0) is 14.4 Å². The van der Waals surface area contributed by atoms with Crippen LogP contribution in [0.2, 0.25) is 0 Å². The summed E-state index contributed by atoms with van der Waals surface area (Å²) in [6.07, 6.45) is 3.53. The molecule has 6 heteroatoms. The number of fused-ring (bicyclic) bond motifs is 1. The molecule has 88 valence electrons. The van der Waals surface area contributed by atoms with E-state index in [1.54, 1.807) is 6.08 Å². The van der Waals surface area contributed by atoms with Crippen molar-refractivity contribution < 1.29 is 14.4 Å². The zero-order chi connectivity index (χ0) is 12.0. The van der Waals surface area contributed by atoms with Crippen molar-refractivity contribution in [2.45, 2.75) is 19.3 Å². The maximum absolute atomic E-state index is 12.1. The summed E-state index contributed by atoms with van der Waals surface area (Å²) in [6, 6.07) is 0. The molecule has 0 spiro atoms. The molecule has 2 aliphatic heterocycles. The summed E-state index contributed by atoms with van der Waals surface area (Å²) in [5.41, 5.74) is 0.735. The van der Waals surface area contributed by atoms with Gasteiger partial charge in [-0.1, -0.05) is 22.8 Å². The Bertz CT molecular complexity index is 519. The largest absolute Gasteiger partial charge is 0.394 e. The molecule has 0 aromatic heterocycles. The summed E-state index contributed by atoms with van der Waals surface area (Å²) in [4.78, 5) is 30.1. The van der Waals surface area contributed by atoms with Crippen LogP contribution in [-0.4, -0.2) is 29.2 Å². The number of carbonyl (C=O) groups excluding carboxylic acids is 2. The summed E-state index contributed by atoms with van der Waals surface area (Å²) in [5, 5.41) is 4.17. The first-order chi connectivity index (χ1) is 8.20. The maximum Gasteiger partial charge on any atom is 0.268 e. The first-order valence-corrected chi connectivity index (χ1v) is 5.74. The molecule has 0 aromatic carbocycles. The molecule has 1 aliphatic carbocycles. The number of amidine groups is 1. The number of hydrogen-bond donors (Lipinski definition) is 0. The summed E-state index contributed by atoms with van der Waals surface area (Å²) >= 11 is 6.02. The molecule has 0 N–H and O–H groups in total.